The number of anilines is 1. The number of likely N-dealkylation sites (N-methyl/N-ethyl adjacent to an activating group) is 1. The van der Waals surface area contributed by atoms with Crippen LogP contribution in [0.3, 0.4) is 0 Å². The highest BCUT2D eigenvalue weighted by molar-refractivity contribution is 5.99. The van der Waals surface area contributed by atoms with Gasteiger partial charge in [-0.05, 0) is 39.8 Å². The fourth-order valence-corrected chi connectivity index (χ4v) is 2.23. The molecule has 3 amide bonds. The summed E-state index contributed by atoms with van der Waals surface area (Å²) in [5, 5.41) is 5.33. The maximum absolute atomic E-state index is 12.5. The predicted molar refractivity (Wildman–Crippen MR) is 96.0 cm³/mol. The average molecular weight is 363 g/mol. The van der Waals surface area contributed by atoms with Crippen molar-refractivity contribution in [1.82, 2.24) is 10.2 Å². The highest BCUT2D eigenvalue weighted by atomic mass is 16.6. The average Bonchev–Trinajstić information content (AvgIpc) is 2.71. The van der Waals surface area contributed by atoms with Crippen molar-refractivity contribution in [3.05, 3.63) is 24.3 Å². The molecule has 2 N–H and O–H groups in total. The van der Waals surface area contributed by atoms with E-state index < -0.39 is 29.7 Å². The van der Waals surface area contributed by atoms with Gasteiger partial charge >= 0.3 is 6.09 Å². The van der Waals surface area contributed by atoms with Gasteiger partial charge in [-0.1, -0.05) is 12.1 Å². The number of benzene rings is 1. The zero-order valence-corrected chi connectivity index (χ0v) is 15.7. The molecule has 8 nitrogen and oxygen atoms in total. The SMILES string of the molecule is CC(C(=O)NC1COc2ccccc2NC1=O)N(C)C(=O)OC(C)(C)C. The van der Waals surface area contributed by atoms with E-state index in [0.29, 0.717) is 11.4 Å². The molecule has 0 bridgehead atoms. The lowest BCUT2D eigenvalue weighted by atomic mass is 10.2. The standard InChI is InChI=1S/C18H25N3O5/c1-11(21(5)17(24)26-18(2,3)4)15(22)20-13-10-25-14-9-7-6-8-12(14)19-16(13)23/h6-9,11,13H,10H2,1-5H3,(H,19,23)(H,20,22). The maximum Gasteiger partial charge on any atom is 0.410 e. The molecule has 1 aromatic rings. The Bertz CT molecular complexity index is 698. The van der Waals surface area contributed by atoms with E-state index in [2.05, 4.69) is 10.6 Å². The zero-order chi connectivity index (χ0) is 19.5. The lowest BCUT2D eigenvalue weighted by Gasteiger charge is -2.28. The van der Waals surface area contributed by atoms with Gasteiger partial charge in [0.2, 0.25) is 5.91 Å². The Kier molecular flexibility index (Phi) is 5.74. The van der Waals surface area contributed by atoms with Crippen molar-refractivity contribution in [2.45, 2.75) is 45.4 Å². The van der Waals surface area contributed by atoms with Crippen LogP contribution in [0.2, 0.25) is 0 Å². The second-order valence-corrected chi connectivity index (χ2v) is 7.12. The van der Waals surface area contributed by atoms with Crippen molar-refractivity contribution in [3.8, 4) is 5.75 Å². The van der Waals surface area contributed by atoms with Crippen LogP contribution < -0.4 is 15.4 Å². The van der Waals surface area contributed by atoms with E-state index in [1.807, 2.05) is 0 Å². The number of hydrogen-bond acceptors (Lipinski definition) is 5. The lowest BCUT2D eigenvalue weighted by molar-refractivity contribution is -0.129. The molecule has 0 aliphatic carbocycles. The van der Waals surface area contributed by atoms with Crippen LogP contribution in [-0.4, -0.2) is 54.1 Å². The third-order valence-electron chi connectivity index (χ3n) is 3.83. The maximum atomic E-state index is 12.5. The van der Waals surface area contributed by atoms with Gasteiger partial charge in [-0.2, -0.15) is 0 Å². The fraction of sp³-hybridized carbons (Fsp3) is 0.500. The smallest absolute Gasteiger partial charge is 0.410 e. The molecule has 8 heteroatoms. The number of carbonyl (C=O) groups excluding carboxylic acids is 3. The van der Waals surface area contributed by atoms with Crippen LogP contribution in [0, 0.1) is 0 Å². The Morgan fingerprint density at radius 2 is 2.00 bits per heavy atom. The van der Waals surface area contributed by atoms with Gasteiger partial charge in [0.05, 0.1) is 5.69 Å². The first-order valence-electron chi connectivity index (χ1n) is 8.37. The summed E-state index contributed by atoms with van der Waals surface area (Å²) in [5.41, 5.74) is -0.115. The van der Waals surface area contributed by atoms with Crippen molar-refractivity contribution in [3.63, 3.8) is 0 Å². The van der Waals surface area contributed by atoms with Crippen LogP contribution >= 0.6 is 0 Å². The molecule has 0 radical (unpaired) electrons. The minimum atomic E-state index is -0.871. The summed E-state index contributed by atoms with van der Waals surface area (Å²) in [7, 11) is 1.47. The largest absolute Gasteiger partial charge is 0.489 e. The Morgan fingerprint density at radius 3 is 2.65 bits per heavy atom. The van der Waals surface area contributed by atoms with Gasteiger partial charge in [0.1, 0.15) is 30.0 Å². The third-order valence-corrected chi connectivity index (χ3v) is 3.83. The predicted octanol–water partition coefficient (Wildman–Crippen LogP) is 1.76. The van der Waals surface area contributed by atoms with E-state index in [0.717, 1.165) is 0 Å². The number of amides is 3. The first-order valence-corrected chi connectivity index (χ1v) is 8.37. The molecule has 1 aromatic carbocycles. The van der Waals surface area contributed by atoms with Gasteiger partial charge < -0.3 is 20.1 Å². The lowest BCUT2D eigenvalue weighted by Crippen LogP contribution is -2.53. The molecular weight excluding hydrogens is 338 g/mol. The van der Waals surface area contributed by atoms with Gasteiger partial charge in [-0.15, -0.1) is 0 Å². The zero-order valence-electron chi connectivity index (χ0n) is 15.7. The Hall–Kier alpha value is -2.77. The summed E-state index contributed by atoms with van der Waals surface area (Å²) in [4.78, 5) is 38.0. The first-order chi connectivity index (χ1) is 12.1. The summed E-state index contributed by atoms with van der Waals surface area (Å²) in [5.74, 6) is -0.319. The highest BCUT2D eigenvalue weighted by Gasteiger charge is 2.31. The van der Waals surface area contributed by atoms with Gasteiger partial charge in [-0.3, -0.25) is 14.5 Å². The van der Waals surface area contributed by atoms with Gasteiger partial charge in [-0.25, -0.2) is 4.79 Å². The third kappa shape index (κ3) is 4.87. The fourth-order valence-electron chi connectivity index (χ4n) is 2.23. The summed E-state index contributed by atoms with van der Waals surface area (Å²) in [6.45, 7) is 6.79. The first kappa shape index (κ1) is 19.6. The van der Waals surface area contributed by atoms with Crippen molar-refractivity contribution >= 4 is 23.6 Å². The molecule has 1 aliphatic rings. The number of ether oxygens (including phenoxy) is 2. The second kappa shape index (κ2) is 7.63. The van der Waals surface area contributed by atoms with E-state index in [1.54, 1.807) is 52.0 Å². The van der Waals surface area contributed by atoms with Crippen molar-refractivity contribution in [1.29, 1.82) is 0 Å². The second-order valence-electron chi connectivity index (χ2n) is 7.12. The summed E-state index contributed by atoms with van der Waals surface area (Å²) in [6.07, 6.45) is -0.617. The molecule has 26 heavy (non-hydrogen) atoms. The highest BCUT2D eigenvalue weighted by Crippen LogP contribution is 2.26. The molecule has 142 valence electrons. The van der Waals surface area contributed by atoms with Crippen molar-refractivity contribution in [2.75, 3.05) is 19.0 Å². The summed E-state index contributed by atoms with van der Waals surface area (Å²) in [6, 6.07) is 5.34. The number of carbonyl (C=O) groups is 3. The number of para-hydroxylation sites is 2. The molecule has 2 rings (SSSR count). The van der Waals surface area contributed by atoms with E-state index in [9.17, 15) is 14.4 Å². The van der Waals surface area contributed by atoms with E-state index in [-0.39, 0.29) is 12.5 Å². The summed E-state index contributed by atoms with van der Waals surface area (Å²) >= 11 is 0. The van der Waals surface area contributed by atoms with Crippen molar-refractivity contribution in [2.24, 2.45) is 0 Å². The van der Waals surface area contributed by atoms with Crippen LogP contribution in [0.25, 0.3) is 0 Å². The Morgan fingerprint density at radius 1 is 1.35 bits per heavy atom. The molecule has 0 aromatic heterocycles. The molecule has 2 atom stereocenters. The Labute approximate surface area is 152 Å². The van der Waals surface area contributed by atoms with Gasteiger partial charge in [0.15, 0.2) is 0 Å². The topological polar surface area (TPSA) is 97.0 Å². The minimum absolute atomic E-state index is 0.00252. The monoisotopic (exact) mass is 363 g/mol. The quantitative estimate of drug-likeness (QED) is 0.853. The van der Waals surface area contributed by atoms with Crippen LogP contribution in [0.15, 0.2) is 24.3 Å². The van der Waals surface area contributed by atoms with Gasteiger partial charge in [0, 0.05) is 7.05 Å². The normalized spacial score (nSPS) is 17.7. The molecule has 0 spiro atoms. The van der Waals surface area contributed by atoms with Crippen LogP contribution in [0.4, 0.5) is 10.5 Å². The van der Waals surface area contributed by atoms with E-state index >= 15 is 0 Å². The number of nitrogens with one attached hydrogen (secondary N) is 2. The van der Waals surface area contributed by atoms with E-state index in [4.69, 9.17) is 9.47 Å². The van der Waals surface area contributed by atoms with Crippen molar-refractivity contribution < 1.29 is 23.9 Å². The number of rotatable bonds is 3. The minimum Gasteiger partial charge on any atom is -0.489 e. The molecule has 0 saturated carbocycles. The molecule has 1 aliphatic heterocycles. The molecule has 0 saturated heterocycles. The molecular formula is C18H25N3O5. The van der Waals surface area contributed by atoms with E-state index in [1.165, 1.54) is 11.9 Å². The molecule has 2 unspecified atom stereocenters. The number of fused-ring (bicyclic) bond motifs is 1. The van der Waals surface area contributed by atoms with Gasteiger partial charge in [0.25, 0.3) is 5.91 Å². The van der Waals surface area contributed by atoms with Crippen LogP contribution in [0.5, 0.6) is 5.75 Å². The molecule has 1 heterocycles. The van der Waals surface area contributed by atoms with Crippen LogP contribution in [0.1, 0.15) is 27.7 Å². The number of nitrogens with zero attached hydrogens (tertiary/aromatic N) is 1. The van der Waals surface area contributed by atoms with Crippen LogP contribution in [-0.2, 0) is 14.3 Å². The summed E-state index contributed by atoms with van der Waals surface area (Å²) < 4.78 is 10.8. The molecule has 0 fully saturated rings. The Balaban J connectivity index is 1.98. The number of hydrogen-bond donors (Lipinski definition) is 2.